The summed E-state index contributed by atoms with van der Waals surface area (Å²) in [6, 6.07) is 0. The van der Waals surface area contributed by atoms with E-state index in [-0.39, 0.29) is 0 Å². The zero-order valence-electron chi connectivity index (χ0n) is 6.99. The lowest BCUT2D eigenvalue weighted by Gasteiger charge is -2.28. The highest BCUT2D eigenvalue weighted by Gasteiger charge is 2.41. The van der Waals surface area contributed by atoms with Crippen molar-refractivity contribution in [3.05, 3.63) is 0 Å². The van der Waals surface area contributed by atoms with Gasteiger partial charge in [0.1, 0.15) is 6.10 Å². The Labute approximate surface area is 78.2 Å². The van der Waals surface area contributed by atoms with Gasteiger partial charge in [0.2, 0.25) is 0 Å². The predicted octanol–water partition coefficient (Wildman–Crippen LogP) is -4.00. The zero-order valence-corrected chi connectivity index (χ0v) is 6.99. The first-order valence-electron chi connectivity index (χ1n) is 3.49. The Bertz CT molecular complexity index is 238. The number of ketones is 1. The summed E-state index contributed by atoms with van der Waals surface area (Å²) in [5.41, 5.74) is 2.21. The lowest BCUT2D eigenvalue weighted by molar-refractivity contribution is -0.169. The van der Waals surface area contributed by atoms with Crippen LogP contribution in [0.3, 0.4) is 0 Å². The topological polar surface area (TPSA) is 161 Å². The van der Waals surface area contributed by atoms with E-state index < -0.39 is 36.3 Å². The Morgan fingerprint density at radius 3 is 2.07 bits per heavy atom. The van der Waals surface area contributed by atoms with E-state index in [9.17, 15) is 9.59 Å². The van der Waals surface area contributed by atoms with Gasteiger partial charge in [-0.1, -0.05) is 0 Å². The highest BCUT2D eigenvalue weighted by Crippen LogP contribution is 2.08. The molecule has 0 aromatic carbocycles. The number of aliphatic hydroxyl groups excluding tert-OH is 3. The molecule has 0 aromatic rings. The van der Waals surface area contributed by atoms with Gasteiger partial charge in [-0.25, -0.2) is 4.79 Å². The van der Waals surface area contributed by atoms with E-state index >= 15 is 0 Å². The minimum Gasteiger partial charge on any atom is -0.475 e. The second-order valence-electron chi connectivity index (χ2n) is 2.71. The van der Waals surface area contributed by atoms with Crippen molar-refractivity contribution in [3.8, 4) is 0 Å². The number of nitrogens with two attached hydrogens (primary N) is 1. The molecule has 0 unspecified atom stereocenters. The van der Waals surface area contributed by atoms with Crippen LogP contribution < -0.4 is 5.73 Å². The summed E-state index contributed by atoms with van der Waals surface area (Å²) in [7, 11) is 0. The van der Waals surface area contributed by atoms with Crippen molar-refractivity contribution in [1.82, 2.24) is 0 Å². The number of carboxylic acid groups (broad SMARTS) is 1. The monoisotopic (exact) mass is 209 g/mol. The molecule has 0 spiro atoms. The number of aliphatic hydroxyl groups is 4. The molecule has 0 bridgehead atoms. The molecule has 0 aliphatic heterocycles. The minimum absolute atomic E-state index is 1.14. The van der Waals surface area contributed by atoms with Crippen LogP contribution in [0.5, 0.6) is 0 Å². The molecule has 3 atom stereocenters. The van der Waals surface area contributed by atoms with Gasteiger partial charge in [0.15, 0.2) is 11.8 Å². The minimum atomic E-state index is -2.63. The summed E-state index contributed by atoms with van der Waals surface area (Å²) < 4.78 is 0. The van der Waals surface area contributed by atoms with Crippen LogP contribution in [0.4, 0.5) is 0 Å². The quantitative estimate of drug-likeness (QED) is 0.197. The second-order valence-corrected chi connectivity index (χ2v) is 2.71. The average Bonchev–Trinajstić information content (AvgIpc) is 2.14. The first-order valence-corrected chi connectivity index (χ1v) is 3.49. The number of hydrogen-bond acceptors (Lipinski definition) is 7. The smallest absolute Gasteiger partial charge is 0.375 e. The molecule has 14 heavy (non-hydrogen) atoms. The first kappa shape index (κ1) is 12.9. The largest absolute Gasteiger partial charge is 0.475 e. The first-order chi connectivity index (χ1) is 6.24. The molecule has 0 radical (unpaired) electrons. The fraction of sp³-hybridized carbons (Fsp3) is 0.667. The standard InChI is InChI=1S/C6H11NO7/c7-6(14,1-8)4(11)2(9)3(10)5(12)13/h2,4,8-9,11,14H,1,7H2,(H,12,13)/t2-,4+,6-/m1/s1. The van der Waals surface area contributed by atoms with Crippen LogP contribution in [0.25, 0.3) is 0 Å². The van der Waals surface area contributed by atoms with E-state index in [1.54, 1.807) is 0 Å². The number of hydrogen-bond donors (Lipinski definition) is 6. The highest BCUT2D eigenvalue weighted by molar-refractivity contribution is 6.34. The Morgan fingerprint density at radius 1 is 1.36 bits per heavy atom. The predicted molar refractivity (Wildman–Crippen MR) is 40.9 cm³/mol. The molecule has 0 rings (SSSR count). The van der Waals surface area contributed by atoms with E-state index in [0.717, 1.165) is 0 Å². The third-order valence-corrected chi connectivity index (χ3v) is 1.54. The molecule has 0 aliphatic carbocycles. The van der Waals surface area contributed by atoms with Crippen molar-refractivity contribution < 1.29 is 35.1 Å². The van der Waals surface area contributed by atoms with Crippen molar-refractivity contribution in [1.29, 1.82) is 0 Å². The van der Waals surface area contributed by atoms with Gasteiger partial charge >= 0.3 is 5.97 Å². The summed E-state index contributed by atoms with van der Waals surface area (Å²) in [5, 5.41) is 43.4. The van der Waals surface area contributed by atoms with Crippen LogP contribution in [0.2, 0.25) is 0 Å². The van der Waals surface area contributed by atoms with Gasteiger partial charge in [0.05, 0.1) is 6.61 Å². The van der Waals surface area contributed by atoms with Crippen molar-refractivity contribution >= 4 is 11.8 Å². The molecular weight excluding hydrogens is 198 g/mol. The fourth-order valence-corrected chi connectivity index (χ4v) is 0.637. The van der Waals surface area contributed by atoms with Crippen molar-refractivity contribution in [2.24, 2.45) is 5.73 Å². The fourth-order valence-electron chi connectivity index (χ4n) is 0.637. The molecule has 7 N–H and O–H groups in total. The van der Waals surface area contributed by atoms with Gasteiger partial charge in [0.25, 0.3) is 5.78 Å². The Balaban J connectivity index is 4.62. The molecule has 0 heterocycles. The van der Waals surface area contributed by atoms with E-state index in [1.807, 2.05) is 0 Å². The molecule has 0 fully saturated rings. The van der Waals surface area contributed by atoms with Gasteiger partial charge < -0.3 is 25.5 Å². The summed E-state index contributed by atoms with van der Waals surface area (Å²) >= 11 is 0. The molecule has 0 amide bonds. The van der Waals surface area contributed by atoms with Crippen LogP contribution in [0.1, 0.15) is 0 Å². The third-order valence-electron chi connectivity index (χ3n) is 1.54. The summed E-state index contributed by atoms with van der Waals surface area (Å²) in [5.74, 6) is -3.71. The molecular formula is C6H11NO7. The van der Waals surface area contributed by atoms with E-state index in [2.05, 4.69) is 0 Å². The lowest BCUT2D eigenvalue weighted by Crippen LogP contribution is -2.60. The van der Waals surface area contributed by atoms with Gasteiger partial charge in [-0.3, -0.25) is 10.5 Å². The van der Waals surface area contributed by atoms with Crippen LogP contribution in [0, 0.1) is 0 Å². The number of rotatable bonds is 5. The summed E-state index contributed by atoms with van der Waals surface area (Å²) in [6.07, 6.45) is -4.68. The SMILES string of the molecule is N[C@@](O)(CO)[C@@H](O)[C@H](O)C(=O)C(=O)O. The molecule has 0 saturated heterocycles. The number of aliphatic carboxylic acids is 1. The molecule has 0 saturated carbocycles. The van der Waals surface area contributed by atoms with E-state index in [4.69, 9.17) is 31.3 Å². The van der Waals surface area contributed by atoms with E-state index in [1.165, 1.54) is 0 Å². The Hall–Kier alpha value is -1.06. The Morgan fingerprint density at radius 2 is 1.79 bits per heavy atom. The molecule has 8 nitrogen and oxygen atoms in total. The third kappa shape index (κ3) is 2.72. The van der Waals surface area contributed by atoms with Crippen LogP contribution in [-0.4, -0.2) is 61.8 Å². The molecule has 0 aliphatic rings. The molecule has 82 valence electrons. The van der Waals surface area contributed by atoms with E-state index in [0.29, 0.717) is 0 Å². The zero-order chi connectivity index (χ0) is 11.5. The second kappa shape index (κ2) is 4.44. The molecule has 8 heteroatoms. The van der Waals surface area contributed by atoms with Crippen LogP contribution in [0.15, 0.2) is 0 Å². The molecule has 0 aromatic heterocycles. The van der Waals surface area contributed by atoms with Gasteiger partial charge in [-0.05, 0) is 0 Å². The van der Waals surface area contributed by atoms with Crippen LogP contribution >= 0.6 is 0 Å². The number of carbonyl (C=O) groups excluding carboxylic acids is 1. The van der Waals surface area contributed by atoms with Crippen molar-refractivity contribution in [2.75, 3.05) is 6.61 Å². The summed E-state index contributed by atoms with van der Waals surface area (Å²) in [4.78, 5) is 20.6. The van der Waals surface area contributed by atoms with Gasteiger partial charge in [0, 0.05) is 0 Å². The summed E-state index contributed by atoms with van der Waals surface area (Å²) in [6.45, 7) is -1.14. The average molecular weight is 209 g/mol. The van der Waals surface area contributed by atoms with Gasteiger partial charge in [-0.2, -0.15) is 0 Å². The Kier molecular flexibility index (Phi) is 4.10. The number of carbonyl (C=O) groups is 2. The van der Waals surface area contributed by atoms with Crippen LogP contribution in [-0.2, 0) is 9.59 Å². The van der Waals surface area contributed by atoms with Crippen molar-refractivity contribution in [2.45, 2.75) is 17.9 Å². The lowest BCUT2D eigenvalue weighted by atomic mass is 10.00. The maximum absolute atomic E-state index is 10.6. The van der Waals surface area contributed by atoms with Gasteiger partial charge in [-0.15, -0.1) is 0 Å². The normalized spacial score (nSPS) is 19.5. The maximum Gasteiger partial charge on any atom is 0.375 e. The number of Topliss-reactive ketones (excluding diaryl/α,β-unsaturated/α-hetero) is 1. The maximum atomic E-state index is 10.6. The number of carboxylic acids is 1. The van der Waals surface area contributed by atoms with Crippen molar-refractivity contribution in [3.63, 3.8) is 0 Å². The highest BCUT2D eigenvalue weighted by atomic mass is 16.4.